The van der Waals surface area contributed by atoms with E-state index in [1.54, 1.807) is 43.5 Å². The molecule has 0 bridgehead atoms. The van der Waals surface area contributed by atoms with Crippen molar-refractivity contribution in [2.24, 2.45) is 0 Å². The van der Waals surface area contributed by atoms with Gasteiger partial charge in [0.15, 0.2) is 11.6 Å². The lowest BCUT2D eigenvalue weighted by molar-refractivity contribution is 0.412. The van der Waals surface area contributed by atoms with Gasteiger partial charge in [0, 0.05) is 5.56 Å². The normalized spacial score (nSPS) is 10.9. The summed E-state index contributed by atoms with van der Waals surface area (Å²) >= 11 is 0. The first-order chi connectivity index (χ1) is 12.2. The highest BCUT2D eigenvalue weighted by atomic mass is 16.5. The van der Waals surface area contributed by atoms with Crippen LogP contribution in [-0.4, -0.2) is 27.0 Å². The Bertz CT molecular complexity index is 1030. The molecular weight excluding hydrogens is 328 g/mol. The van der Waals surface area contributed by atoms with Crippen LogP contribution < -0.4 is 10.5 Å². The van der Waals surface area contributed by atoms with Crippen molar-refractivity contribution < 1.29 is 18.1 Å². The Balaban J connectivity index is 1.56. The lowest BCUT2D eigenvalue weighted by atomic mass is 10.2. The molecule has 0 radical (unpaired) electrons. The van der Waals surface area contributed by atoms with E-state index in [4.69, 9.17) is 18.1 Å². The summed E-state index contributed by atoms with van der Waals surface area (Å²) in [6.07, 6.45) is 1.47. The first-order valence-corrected chi connectivity index (χ1v) is 7.32. The minimum Gasteiger partial charge on any atom is -0.497 e. The van der Waals surface area contributed by atoms with E-state index in [2.05, 4.69) is 15.2 Å². The van der Waals surface area contributed by atoms with Crippen LogP contribution in [0.1, 0.15) is 5.82 Å². The van der Waals surface area contributed by atoms with Crippen molar-refractivity contribution in [3.05, 3.63) is 59.0 Å². The molecule has 0 aliphatic rings. The Hall–Kier alpha value is -3.62. The second-order valence-electron chi connectivity index (χ2n) is 5.05. The number of hydrogen-bond acceptors (Lipinski definition) is 8. The van der Waals surface area contributed by atoms with Gasteiger partial charge >= 0.3 is 5.76 Å². The molecule has 4 rings (SSSR count). The lowest BCUT2D eigenvalue weighted by Crippen LogP contribution is -2.17. The maximum Gasteiger partial charge on any atom is 0.437 e. The predicted molar refractivity (Wildman–Crippen MR) is 83.9 cm³/mol. The zero-order chi connectivity index (χ0) is 17.2. The van der Waals surface area contributed by atoms with Crippen LogP contribution in [-0.2, 0) is 6.54 Å². The first kappa shape index (κ1) is 14.9. The van der Waals surface area contributed by atoms with E-state index in [0.29, 0.717) is 17.5 Å². The molecule has 126 valence electrons. The molecule has 0 aliphatic carbocycles. The molecule has 25 heavy (non-hydrogen) atoms. The number of benzene rings is 1. The molecule has 3 heterocycles. The molecule has 4 aromatic rings. The fourth-order valence-corrected chi connectivity index (χ4v) is 2.21. The summed E-state index contributed by atoms with van der Waals surface area (Å²) in [7, 11) is 1.59. The number of methoxy groups -OCH3 is 1. The van der Waals surface area contributed by atoms with Crippen molar-refractivity contribution in [3.63, 3.8) is 0 Å². The van der Waals surface area contributed by atoms with E-state index in [9.17, 15) is 4.79 Å². The summed E-state index contributed by atoms with van der Waals surface area (Å²) in [5.74, 6) is 1.18. The van der Waals surface area contributed by atoms with Crippen LogP contribution >= 0.6 is 0 Å². The number of rotatable bonds is 5. The number of nitrogens with zero attached hydrogens (tertiary/aromatic N) is 4. The molecule has 3 aromatic heterocycles. The topological polar surface area (TPSA) is 109 Å². The standard InChI is InChI=1S/C16H12N4O5/c1-22-11-6-4-10(5-7-11)14-17-13(19-25-14)9-20-16(21)24-15(18-20)12-3-2-8-23-12/h2-8H,9H2,1H3. The zero-order valence-corrected chi connectivity index (χ0v) is 13.1. The number of ether oxygens (including phenoxy) is 1. The van der Waals surface area contributed by atoms with E-state index in [0.717, 1.165) is 16.0 Å². The van der Waals surface area contributed by atoms with Crippen LogP contribution in [0.3, 0.4) is 0 Å². The van der Waals surface area contributed by atoms with E-state index in [-0.39, 0.29) is 12.4 Å². The molecule has 9 heteroatoms. The van der Waals surface area contributed by atoms with E-state index in [1.165, 1.54) is 6.26 Å². The van der Waals surface area contributed by atoms with Crippen LogP contribution in [0.4, 0.5) is 0 Å². The zero-order valence-electron chi connectivity index (χ0n) is 13.1. The van der Waals surface area contributed by atoms with Crippen LogP contribution in [0, 0.1) is 0 Å². The molecule has 0 atom stereocenters. The fraction of sp³-hybridized carbons (Fsp3) is 0.125. The quantitative estimate of drug-likeness (QED) is 0.544. The third-order valence-electron chi connectivity index (χ3n) is 3.43. The second kappa shape index (κ2) is 6.11. The van der Waals surface area contributed by atoms with Gasteiger partial charge in [0.1, 0.15) is 12.3 Å². The highest BCUT2D eigenvalue weighted by molar-refractivity contribution is 5.54. The molecule has 1 aromatic carbocycles. The Kier molecular flexibility index (Phi) is 3.65. The molecular formula is C16H12N4O5. The van der Waals surface area contributed by atoms with Crippen molar-refractivity contribution in [1.29, 1.82) is 0 Å². The van der Waals surface area contributed by atoms with Gasteiger partial charge in [0.05, 0.1) is 13.4 Å². The second-order valence-corrected chi connectivity index (χ2v) is 5.05. The first-order valence-electron chi connectivity index (χ1n) is 7.32. The van der Waals surface area contributed by atoms with E-state index < -0.39 is 5.76 Å². The van der Waals surface area contributed by atoms with Crippen LogP contribution in [0.2, 0.25) is 0 Å². The Morgan fingerprint density at radius 2 is 2.00 bits per heavy atom. The monoisotopic (exact) mass is 340 g/mol. The summed E-state index contributed by atoms with van der Waals surface area (Å²) in [5, 5.41) is 7.92. The Morgan fingerprint density at radius 1 is 1.16 bits per heavy atom. The Morgan fingerprint density at radius 3 is 2.72 bits per heavy atom. The van der Waals surface area contributed by atoms with Gasteiger partial charge in [-0.1, -0.05) is 5.16 Å². The number of hydrogen-bond donors (Lipinski definition) is 0. The summed E-state index contributed by atoms with van der Waals surface area (Å²) in [6, 6.07) is 10.5. The highest BCUT2D eigenvalue weighted by Gasteiger charge is 2.15. The third-order valence-corrected chi connectivity index (χ3v) is 3.43. The van der Waals surface area contributed by atoms with Gasteiger partial charge in [0.25, 0.3) is 11.8 Å². The van der Waals surface area contributed by atoms with Gasteiger partial charge in [0.2, 0.25) is 0 Å². The van der Waals surface area contributed by atoms with Crippen molar-refractivity contribution in [2.45, 2.75) is 6.54 Å². The minimum atomic E-state index is -0.637. The van der Waals surface area contributed by atoms with Crippen molar-refractivity contribution in [1.82, 2.24) is 19.9 Å². The maximum atomic E-state index is 11.9. The van der Waals surface area contributed by atoms with Gasteiger partial charge < -0.3 is 18.1 Å². The summed E-state index contributed by atoms with van der Waals surface area (Å²) in [5.41, 5.74) is 0.739. The molecule has 0 amide bonds. The van der Waals surface area contributed by atoms with Crippen LogP contribution in [0.25, 0.3) is 23.1 Å². The molecule has 0 saturated heterocycles. The largest absolute Gasteiger partial charge is 0.497 e. The Labute approximate surface area is 140 Å². The molecule has 0 N–H and O–H groups in total. The average molecular weight is 340 g/mol. The van der Waals surface area contributed by atoms with Gasteiger partial charge in [-0.25, -0.2) is 4.79 Å². The highest BCUT2D eigenvalue weighted by Crippen LogP contribution is 2.21. The molecule has 9 nitrogen and oxygen atoms in total. The van der Waals surface area contributed by atoms with E-state index >= 15 is 0 Å². The molecule has 0 aliphatic heterocycles. The van der Waals surface area contributed by atoms with E-state index in [1.807, 2.05) is 0 Å². The van der Waals surface area contributed by atoms with Crippen LogP contribution in [0.5, 0.6) is 5.75 Å². The summed E-state index contributed by atoms with van der Waals surface area (Å²) in [6.45, 7) is 0.0166. The van der Waals surface area contributed by atoms with Gasteiger partial charge in [-0.15, -0.1) is 5.10 Å². The van der Waals surface area contributed by atoms with Crippen molar-refractivity contribution in [2.75, 3.05) is 7.11 Å². The van der Waals surface area contributed by atoms with Crippen molar-refractivity contribution in [3.8, 4) is 28.9 Å². The SMILES string of the molecule is COc1ccc(-c2nc(Cn3nc(-c4ccco4)oc3=O)no2)cc1. The average Bonchev–Trinajstić information content (AvgIpc) is 3.37. The summed E-state index contributed by atoms with van der Waals surface area (Å²) in [4.78, 5) is 16.1. The molecule has 0 fully saturated rings. The minimum absolute atomic E-state index is 0.0166. The van der Waals surface area contributed by atoms with Gasteiger partial charge in [-0.3, -0.25) is 0 Å². The molecule has 0 unspecified atom stereocenters. The summed E-state index contributed by atoms with van der Waals surface area (Å²) < 4.78 is 21.6. The third kappa shape index (κ3) is 2.94. The number of aromatic nitrogens is 4. The smallest absolute Gasteiger partial charge is 0.437 e. The predicted octanol–water partition coefficient (Wildman–Crippen LogP) is 2.20. The lowest BCUT2D eigenvalue weighted by Gasteiger charge is -1.98. The maximum absolute atomic E-state index is 11.9. The molecule has 0 spiro atoms. The van der Waals surface area contributed by atoms with Crippen LogP contribution in [0.15, 0.2) is 60.8 Å². The van der Waals surface area contributed by atoms with Crippen molar-refractivity contribution >= 4 is 0 Å². The van der Waals surface area contributed by atoms with Gasteiger partial charge in [-0.2, -0.15) is 9.67 Å². The van der Waals surface area contributed by atoms with Gasteiger partial charge in [-0.05, 0) is 36.4 Å². The number of furan rings is 1. The molecule has 0 saturated carbocycles. The fourth-order valence-electron chi connectivity index (χ4n) is 2.21.